The fraction of sp³-hybridized carbons (Fsp3) is 0.636. The Labute approximate surface area is 162 Å². The molecule has 1 atom stereocenters. The summed E-state index contributed by atoms with van der Waals surface area (Å²) in [6, 6.07) is 7.39. The first kappa shape index (κ1) is 21.4. The van der Waals surface area contributed by atoms with E-state index in [-0.39, 0.29) is 17.7 Å². The van der Waals surface area contributed by atoms with Crippen LogP contribution in [-0.4, -0.2) is 30.2 Å². The molecule has 5 nitrogen and oxygen atoms in total. The van der Waals surface area contributed by atoms with E-state index in [9.17, 15) is 14.7 Å². The predicted octanol–water partition coefficient (Wildman–Crippen LogP) is 4.21. The fourth-order valence-corrected chi connectivity index (χ4v) is 3.50. The number of amides is 1. The number of aliphatic carboxylic acids is 1. The number of ether oxygens (including phenoxy) is 1. The van der Waals surface area contributed by atoms with Gasteiger partial charge in [-0.2, -0.15) is 0 Å². The first-order chi connectivity index (χ1) is 12.8. The van der Waals surface area contributed by atoms with Crippen molar-refractivity contribution in [1.29, 1.82) is 0 Å². The number of nitrogens with one attached hydrogen (secondary N) is 1. The molecular weight excluding hydrogens is 342 g/mol. The Morgan fingerprint density at radius 2 is 1.81 bits per heavy atom. The van der Waals surface area contributed by atoms with Crippen LogP contribution < -0.4 is 5.32 Å². The monoisotopic (exact) mass is 375 g/mol. The summed E-state index contributed by atoms with van der Waals surface area (Å²) in [5.41, 5.74) is 2.06. The van der Waals surface area contributed by atoms with Crippen molar-refractivity contribution in [3.05, 3.63) is 35.4 Å². The SMILES string of the molecule is CC(C)(C)c1ccc(C(CC(=O)O)NC(=O)CCCC2CCOCC2)cc1. The third kappa shape index (κ3) is 7.33. The van der Waals surface area contributed by atoms with Gasteiger partial charge in [-0.25, -0.2) is 0 Å². The van der Waals surface area contributed by atoms with Crippen molar-refractivity contribution in [2.75, 3.05) is 13.2 Å². The summed E-state index contributed by atoms with van der Waals surface area (Å²) in [5, 5.41) is 12.1. The molecule has 150 valence electrons. The Kier molecular flexibility index (Phi) is 7.84. The van der Waals surface area contributed by atoms with Gasteiger partial charge in [-0.3, -0.25) is 9.59 Å². The van der Waals surface area contributed by atoms with Crippen molar-refractivity contribution in [2.24, 2.45) is 5.92 Å². The Balaban J connectivity index is 1.90. The van der Waals surface area contributed by atoms with Crippen molar-refractivity contribution >= 4 is 11.9 Å². The van der Waals surface area contributed by atoms with Crippen molar-refractivity contribution in [3.8, 4) is 0 Å². The second-order valence-corrected chi connectivity index (χ2v) is 8.54. The molecule has 0 saturated carbocycles. The second kappa shape index (κ2) is 9.88. The summed E-state index contributed by atoms with van der Waals surface area (Å²) in [6.45, 7) is 8.05. The standard InChI is InChI=1S/C22H33NO4/c1-22(2,3)18-9-7-17(8-10-18)19(15-21(25)26)23-20(24)6-4-5-16-11-13-27-14-12-16/h7-10,16,19H,4-6,11-15H2,1-3H3,(H,23,24)(H,25,26). The molecule has 0 aliphatic carbocycles. The molecular formula is C22H33NO4. The van der Waals surface area contributed by atoms with Crippen LogP contribution in [0.4, 0.5) is 0 Å². The number of hydrogen-bond donors (Lipinski definition) is 2. The molecule has 1 aromatic rings. The molecule has 2 N–H and O–H groups in total. The average molecular weight is 376 g/mol. The van der Waals surface area contributed by atoms with Gasteiger partial charge >= 0.3 is 5.97 Å². The molecule has 1 aliphatic heterocycles. The third-order valence-corrected chi connectivity index (χ3v) is 5.25. The van der Waals surface area contributed by atoms with Gasteiger partial charge in [-0.05, 0) is 48.1 Å². The Morgan fingerprint density at radius 3 is 2.37 bits per heavy atom. The number of carbonyl (C=O) groups excluding carboxylic acids is 1. The van der Waals surface area contributed by atoms with E-state index in [1.807, 2.05) is 24.3 Å². The van der Waals surface area contributed by atoms with Crippen LogP contribution in [0.3, 0.4) is 0 Å². The van der Waals surface area contributed by atoms with Crippen molar-refractivity contribution < 1.29 is 19.4 Å². The molecule has 0 radical (unpaired) electrons. The van der Waals surface area contributed by atoms with Crippen LogP contribution >= 0.6 is 0 Å². The van der Waals surface area contributed by atoms with Crippen LogP contribution in [-0.2, 0) is 19.7 Å². The van der Waals surface area contributed by atoms with Gasteiger partial charge in [0, 0.05) is 19.6 Å². The zero-order chi connectivity index (χ0) is 19.9. The summed E-state index contributed by atoms with van der Waals surface area (Å²) in [5.74, 6) is -0.345. The smallest absolute Gasteiger partial charge is 0.305 e. The topological polar surface area (TPSA) is 75.6 Å². The number of carbonyl (C=O) groups is 2. The zero-order valence-corrected chi connectivity index (χ0v) is 16.8. The molecule has 0 bridgehead atoms. The minimum absolute atomic E-state index is 0.0359. The van der Waals surface area contributed by atoms with Crippen molar-refractivity contribution in [1.82, 2.24) is 5.32 Å². The Bertz CT molecular complexity index is 612. The van der Waals surface area contributed by atoms with Crippen LogP contribution in [0.2, 0.25) is 0 Å². The lowest BCUT2D eigenvalue weighted by Gasteiger charge is -2.23. The summed E-state index contributed by atoms with van der Waals surface area (Å²) < 4.78 is 5.36. The maximum atomic E-state index is 12.3. The van der Waals surface area contributed by atoms with E-state index in [0.717, 1.165) is 44.5 Å². The predicted molar refractivity (Wildman–Crippen MR) is 106 cm³/mol. The van der Waals surface area contributed by atoms with Crippen LogP contribution in [0, 0.1) is 5.92 Å². The summed E-state index contributed by atoms with van der Waals surface area (Å²) in [6.07, 6.45) is 4.33. The molecule has 0 aromatic heterocycles. The van der Waals surface area contributed by atoms with Crippen LogP contribution in [0.15, 0.2) is 24.3 Å². The van der Waals surface area contributed by atoms with Crippen LogP contribution in [0.25, 0.3) is 0 Å². The minimum atomic E-state index is -0.914. The fourth-order valence-electron chi connectivity index (χ4n) is 3.50. The van der Waals surface area contributed by atoms with Gasteiger partial charge in [0.2, 0.25) is 5.91 Å². The lowest BCUT2D eigenvalue weighted by molar-refractivity contribution is -0.137. The largest absolute Gasteiger partial charge is 0.481 e. The maximum absolute atomic E-state index is 12.3. The molecule has 2 rings (SSSR count). The van der Waals surface area contributed by atoms with Crippen molar-refractivity contribution in [3.63, 3.8) is 0 Å². The van der Waals surface area contributed by atoms with Gasteiger partial charge in [-0.1, -0.05) is 45.0 Å². The van der Waals surface area contributed by atoms with E-state index in [4.69, 9.17) is 4.74 Å². The molecule has 1 aromatic carbocycles. The molecule has 1 amide bonds. The normalized spacial score (nSPS) is 16.7. The van der Waals surface area contributed by atoms with Gasteiger partial charge in [0.05, 0.1) is 12.5 Å². The highest BCUT2D eigenvalue weighted by atomic mass is 16.5. The second-order valence-electron chi connectivity index (χ2n) is 8.54. The van der Waals surface area contributed by atoms with Gasteiger partial charge in [0.15, 0.2) is 0 Å². The minimum Gasteiger partial charge on any atom is -0.481 e. The number of benzene rings is 1. The maximum Gasteiger partial charge on any atom is 0.305 e. The van der Waals surface area contributed by atoms with E-state index >= 15 is 0 Å². The number of hydrogen-bond acceptors (Lipinski definition) is 3. The molecule has 5 heteroatoms. The quantitative estimate of drug-likeness (QED) is 0.713. The van der Waals surface area contributed by atoms with Crippen LogP contribution in [0.1, 0.15) is 76.5 Å². The molecule has 27 heavy (non-hydrogen) atoms. The molecule has 1 heterocycles. The summed E-state index contributed by atoms with van der Waals surface area (Å²) in [4.78, 5) is 23.6. The van der Waals surface area contributed by atoms with Crippen LogP contribution in [0.5, 0.6) is 0 Å². The first-order valence-corrected chi connectivity index (χ1v) is 9.95. The lowest BCUT2D eigenvalue weighted by Crippen LogP contribution is -2.30. The number of carboxylic acid groups (broad SMARTS) is 1. The molecule has 1 aliphatic rings. The molecule has 1 fully saturated rings. The van der Waals surface area contributed by atoms with Gasteiger partial charge in [-0.15, -0.1) is 0 Å². The highest BCUT2D eigenvalue weighted by molar-refractivity contribution is 5.77. The number of rotatable bonds is 8. The van der Waals surface area contributed by atoms with Gasteiger partial charge < -0.3 is 15.2 Å². The third-order valence-electron chi connectivity index (χ3n) is 5.25. The molecule has 1 unspecified atom stereocenters. The zero-order valence-electron chi connectivity index (χ0n) is 16.8. The van der Waals surface area contributed by atoms with E-state index < -0.39 is 12.0 Å². The van der Waals surface area contributed by atoms with E-state index in [1.54, 1.807) is 0 Å². The molecule has 0 spiro atoms. The van der Waals surface area contributed by atoms with E-state index in [1.165, 1.54) is 5.56 Å². The molecule has 1 saturated heterocycles. The van der Waals surface area contributed by atoms with E-state index in [0.29, 0.717) is 12.3 Å². The van der Waals surface area contributed by atoms with Gasteiger partial charge in [0.25, 0.3) is 0 Å². The average Bonchev–Trinajstić information content (AvgIpc) is 2.61. The summed E-state index contributed by atoms with van der Waals surface area (Å²) in [7, 11) is 0. The summed E-state index contributed by atoms with van der Waals surface area (Å²) >= 11 is 0. The lowest BCUT2D eigenvalue weighted by atomic mass is 9.86. The number of carboxylic acids is 1. The van der Waals surface area contributed by atoms with Crippen molar-refractivity contribution in [2.45, 2.75) is 70.8 Å². The highest BCUT2D eigenvalue weighted by Crippen LogP contribution is 2.25. The van der Waals surface area contributed by atoms with Gasteiger partial charge in [0.1, 0.15) is 0 Å². The Hall–Kier alpha value is -1.88. The highest BCUT2D eigenvalue weighted by Gasteiger charge is 2.20. The Morgan fingerprint density at radius 1 is 1.19 bits per heavy atom. The first-order valence-electron chi connectivity index (χ1n) is 9.95. The van der Waals surface area contributed by atoms with E-state index in [2.05, 4.69) is 26.1 Å².